The Balaban J connectivity index is 2.34. The van der Waals surface area contributed by atoms with Crippen molar-refractivity contribution >= 4 is 5.78 Å². The van der Waals surface area contributed by atoms with Crippen molar-refractivity contribution < 1.29 is 34.7 Å². The second-order valence-electron chi connectivity index (χ2n) is 5.04. The molecule has 0 spiro atoms. The summed E-state index contributed by atoms with van der Waals surface area (Å²) in [6.45, 7) is -0.0998. The number of aliphatic hydroxyl groups is 3. The maximum absolute atomic E-state index is 12.0. The largest absolute Gasteiger partial charge is 0.512 e. The van der Waals surface area contributed by atoms with Gasteiger partial charge in [-0.25, -0.2) is 0 Å². The first-order chi connectivity index (χ1) is 10.9. The highest BCUT2D eigenvalue weighted by molar-refractivity contribution is 5.85. The van der Waals surface area contributed by atoms with Crippen LogP contribution in [0.3, 0.4) is 0 Å². The predicted octanol–water partition coefficient (Wildman–Crippen LogP) is 1.68. The number of phenolic OH excluding ortho intramolecular Hbond substituents is 1. The fourth-order valence-corrected chi connectivity index (χ4v) is 2.22. The Bertz CT molecular complexity index is 648. The second-order valence-corrected chi connectivity index (χ2v) is 5.04. The molecule has 7 heteroatoms. The van der Waals surface area contributed by atoms with Crippen LogP contribution in [0.15, 0.2) is 41.9 Å². The molecule has 1 aliphatic rings. The summed E-state index contributed by atoms with van der Waals surface area (Å²) in [5, 5.41) is 39.2. The molecular formula is C16H18O7. The van der Waals surface area contributed by atoms with Crippen molar-refractivity contribution in [3.05, 3.63) is 47.4 Å². The fraction of sp³-hybridized carbons (Fsp3) is 0.312. The summed E-state index contributed by atoms with van der Waals surface area (Å²) >= 11 is 0. The van der Waals surface area contributed by atoms with Gasteiger partial charge in [0.2, 0.25) is 0 Å². The number of carbonyl (C=O) groups is 1. The maximum atomic E-state index is 12.0. The molecule has 0 unspecified atom stereocenters. The van der Waals surface area contributed by atoms with Crippen LogP contribution < -0.4 is 4.74 Å². The third kappa shape index (κ3) is 4.02. The van der Waals surface area contributed by atoms with E-state index in [1.165, 1.54) is 25.3 Å². The quantitative estimate of drug-likeness (QED) is 0.654. The number of carbonyl (C=O) groups excluding carboxylic acids is 1. The highest BCUT2D eigenvalue weighted by Crippen LogP contribution is 2.32. The summed E-state index contributed by atoms with van der Waals surface area (Å²) in [7, 11) is 1.40. The Kier molecular flexibility index (Phi) is 5.25. The molecule has 0 aromatic heterocycles. The third-order valence-corrected chi connectivity index (χ3v) is 3.39. The molecule has 124 valence electrons. The Hall–Kier alpha value is -2.51. The van der Waals surface area contributed by atoms with Crippen LogP contribution in [0, 0.1) is 0 Å². The molecule has 23 heavy (non-hydrogen) atoms. The van der Waals surface area contributed by atoms with Crippen molar-refractivity contribution in [1.29, 1.82) is 0 Å². The molecule has 1 aromatic rings. The number of hydrogen-bond acceptors (Lipinski definition) is 7. The number of rotatable bonds is 2. The number of ketones is 1. The minimum absolute atomic E-state index is 0.0998. The molecule has 2 rings (SSSR count). The van der Waals surface area contributed by atoms with Crippen LogP contribution in [0.25, 0.3) is 0 Å². The van der Waals surface area contributed by atoms with Gasteiger partial charge in [-0.2, -0.15) is 0 Å². The highest BCUT2D eigenvalue weighted by atomic mass is 16.5. The zero-order valence-corrected chi connectivity index (χ0v) is 12.5. The first kappa shape index (κ1) is 16.9. The first-order valence-electron chi connectivity index (χ1n) is 6.90. The molecule has 1 aromatic carbocycles. The third-order valence-electron chi connectivity index (χ3n) is 3.39. The Morgan fingerprint density at radius 1 is 1.26 bits per heavy atom. The number of benzene rings is 1. The Labute approximate surface area is 132 Å². The molecule has 0 bridgehead atoms. The van der Waals surface area contributed by atoms with E-state index in [-0.39, 0.29) is 29.6 Å². The molecule has 2 atom stereocenters. The molecule has 0 saturated heterocycles. The van der Waals surface area contributed by atoms with Crippen LogP contribution in [-0.2, 0) is 9.53 Å². The molecule has 0 aliphatic carbocycles. The summed E-state index contributed by atoms with van der Waals surface area (Å²) in [5.74, 6) is -1.20. The molecule has 0 saturated carbocycles. The number of Topliss-reactive ketones (excluding diaryl/α,β-unsaturated/α-hetero) is 1. The van der Waals surface area contributed by atoms with Gasteiger partial charge >= 0.3 is 0 Å². The van der Waals surface area contributed by atoms with Gasteiger partial charge in [0.15, 0.2) is 17.3 Å². The normalized spacial score (nSPS) is 25.2. The van der Waals surface area contributed by atoms with E-state index >= 15 is 0 Å². The van der Waals surface area contributed by atoms with E-state index in [0.717, 1.165) is 6.08 Å². The van der Waals surface area contributed by atoms with Crippen LogP contribution in [0.5, 0.6) is 11.5 Å². The number of ether oxygens (including phenoxy) is 2. The zero-order chi connectivity index (χ0) is 17.0. The highest BCUT2D eigenvalue weighted by Gasteiger charge is 2.30. The standard InChI is InChI=1S/C16H18O7/c1-22-14-3-2-9(6-12(14)19)16-15(21)13(20)8-11(18)7-10(17)4-5-23-16/h2-4,6-7,15-19,21H,5,8H2,1H3/b10-4+,11-7?/t15-,16+/m0/s1. The van der Waals surface area contributed by atoms with E-state index in [1.807, 2.05) is 0 Å². The van der Waals surface area contributed by atoms with E-state index in [1.54, 1.807) is 6.07 Å². The number of phenols is 1. The molecule has 7 nitrogen and oxygen atoms in total. The number of aliphatic hydroxyl groups excluding tert-OH is 3. The molecule has 1 heterocycles. The van der Waals surface area contributed by atoms with Gasteiger partial charge in [-0.1, -0.05) is 6.07 Å². The van der Waals surface area contributed by atoms with Crippen molar-refractivity contribution in [3.63, 3.8) is 0 Å². The average Bonchev–Trinajstić information content (AvgIpc) is 2.50. The van der Waals surface area contributed by atoms with Crippen molar-refractivity contribution in [1.82, 2.24) is 0 Å². The van der Waals surface area contributed by atoms with Crippen LogP contribution in [0.4, 0.5) is 0 Å². The van der Waals surface area contributed by atoms with Crippen molar-refractivity contribution in [3.8, 4) is 11.5 Å². The van der Waals surface area contributed by atoms with Crippen LogP contribution in [-0.4, -0.2) is 46.0 Å². The second kappa shape index (κ2) is 7.17. The van der Waals surface area contributed by atoms with Crippen LogP contribution in [0.1, 0.15) is 18.1 Å². The van der Waals surface area contributed by atoms with E-state index in [4.69, 9.17) is 9.47 Å². The lowest BCUT2D eigenvalue weighted by Gasteiger charge is -2.23. The topological polar surface area (TPSA) is 116 Å². The number of allylic oxidation sites excluding steroid dienone is 2. The molecule has 0 amide bonds. The van der Waals surface area contributed by atoms with Gasteiger partial charge in [0.25, 0.3) is 0 Å². The number of methoxy groups -OCH3 is 1. The van der Waals surface area contributed by atoms with Gasteiger partial charge in [-0.05, 0) is 23.8 Å². The van der Waals surface area contributed by atoms with Crippen molar-refractivity contribution in [2.75, 3.05) is 13.7 Å². The zero-order valence-electron chi connectivity index (χ0n) is 12.5. The van der Waals surface area contributed by atoms with Crippen molar-refractivity contribution in [2.45, 2.75) is 18.6 Å². The molecule has 4 N–H and O–H groups in total. The van der Waals surface area contributed by atoms with Gasteiger partial charge < -0.3 is 29.9 Å². The number of aromatic hydroxyl groups is 1. The summed E-state index contributed by atoms with van der Waals surface area (Å²) in [6.07, 6.45) is -0.731. The van der Waals surface area contributed by atoms with Gasteiger partial charge in [-0.15, -0.1) is 0 Å². The summed E-state index contributed by atoms with van der Waals surface area (Å²) < 4.78 is 10.4. The monoisotopic (exact) mass is 322 g/mol. The Morgan fingerprint density at radius 3 is 2.65 bits per heavy atom. The van der Waals surface area contributed by atoms with Crippen molar-refractivity contribution in [2.24, 2.45) is 0 Å². The molecular weight excluding hydrogens is 304 g/mol. The van der Waals surface area contributed by atoms with Gasteiger partial charge in [-0.3, -0.25) is 4.79 Å². The maximum Gasteiger partial charge on any atom is 0.171 e. The molecule has 1 aliphatic heterocycles. The Morgan fingerprint density at radius 2 is 2.00 bits per heavy atom. The average molecular weight is 322 g/mol. The van der Waals surface area contributed by atoms with E-state index in [0.29, 0.717) is 5.56 Å². The number of hydrogen-bond donors (Lipinski definition) is 4. The lowest BCUT2D eigenvalue weighted by molar-refractivity contribution is -0.135. The van der Waals surface area contributed by atoms with E-state index in [2.05, 4.69) is 0 Å². The van der Waals surface area contributed by atoms with E-state index in [9.17, 15) is 25.2 Å². The molecule has 0 radical (unpaired) electrons. The first-order valence-corrected chi connectivity index (χ1v) is 6.90. The van der Waals surface area contributed by atoms with E-state index < -0.39 is 24.4 Å². The summed E-state index contributed by atoms with van der Waals surface area (Å²) in [4.78, 5) is 12.0. The lowest BCUT2D eigenvalue weighted by atomic mass is 9.98. The predicted molar refractivity (Wildman–Crippen MR) is 80.4 cm³/mol. The van der Waals surface area contributed by atoms with Gasteiger partial charge in [0.1, 0.15) is 23.7 Å². The van der Waals surface area contributed by atoms with Crippen LogP contribution >= 0.6 is 0 Å². The minimum Gasteiger partial charge on any atom is -0.512 e. The smallest absolute Gasteiger partial charge is 0.171 e. The fourth-order valence-electron chi connectivity index (χ4n) is 2.22. The van der Waals surface area contributed by atoms with Crippen LogP contribution in [0.2, 0.25) is 0 Å². The minimum atomic E-state index is -1.54. The summed E-state index contributed by atoms with van der Waals surface area (Å²) in [5.41, 5.74) is 0.362. The SMILES string of the molecule is COc1ccc([C@H]2OC/C=C(/O)C=C(O)CC(=O)[C@@H]2O)cc1O. The van der Waals surface area contributed by atoms with Gasteiger partial charge in [0, 0.05) is 6.08 Å². The van der Waals surface area contributed by atoms with Gasteiger partial charge in [0.05, 0.1) is 20.1 Å². The summed E-state index contributed by atoms with van der Waals surface area (Å²) in [6, 6.07) is 4.35. The lowest BCUT2D eigenvalue weighted by Crippen LogP contribution is -2.30. The molecule has 0 fully saturated rings.